The van der Waals surface area contributed by atoms with E-state index in [4.69, 9.17) is 5.73 Å². The molecular formula is C7H12N4O. The number of rotatable bonds is 3. The number of nitrogens with one attached hydrogen (secondary N) is 1. The highest BCUT2D eigenvalue weighted by atomic mass is 16.1. The summed E-state index contributed by atoms with van der Waals surface area (Å²) in [5, 5.41) is 9.98. The summed E-state index contributed by atoms with van der Waals surface area (Å²) in [7, 11) is 0. The summed E-state index contributed by atoms with van der Waals surface area (Å²) in [5.41, 5.74) is 6.47. The topological polar surface area (TPSA) is 84.7 Å². The SMILES string of the molecule is CCc1n[nH]nc1C(=O)C(C)N. The van der Waals surface area contributed by atoms with Crippen LogP contribution in [0.25, 0.3) is 0 Å². The molecule has 1 atom stereocenters. The highest BCUT2D eigenvalue weighted by Crippen LogP contribution is 2.04. The molecule has 0 fully saturated rings. The van der Waals surface area contributed by atoms with E-state index in [1.165, 1.54) is 0 Å². The minimum atomic E-state index is -0.514. The van der Waals surface area contributed by atoms with Crippen LogP contribution in [0.15, 0.2) is 0 Å². The van der Waals surface area contributed by atoms with E-state index >= 15 is 0 Å². The van der Waals surface area contributed by atoms with Crippen LogP contribution in [0.2, 0.25) is 0 Å². The van der Waals surface area contributed by atoms with E-state index in [-0.39, 0.29) is 5.78 Å². The molecule has 66 valence electrons. The molecule has 0 amide bonds. The van der Waals surface area contributed by atoms with Crippen LogP contribution in [0.3, 0.4) is 0 Å². The number of hydrogen-bond acceptors (Lipinski definition) is 4. The van der Waals surface area contributed by atoms with Crippen LogP contribution in [-0.4, -0.2) is 27.2 Å². The van der Waals surface area contributed by atoms with E-state index < -0.39 is 6.04 Å². The third kappa shape index (κ3) is 1.50. The second-order valence-electron chi connectivity index (χ2n) is 2.63. The number of ketones is 1. The number of aromatic amines is 1. The molecule has 0 aliphatic heterocycles. The molecule has 1 unspecified atom stereocenters. The zero-order chi connectivity index (χ0) is 9.14. The normalized spacial score (nSPS) is 12.9. The van der Waals surface area contributed by atoms with E-state index in [0.717, 1.165) is 0 Å². The molecule has 0 spiro atoms. The maximum absolute atomic E-state index is 11.3. The molecule has 1 aromatic rings. The zero-order valence-electron chi connectivity index (χ0n) is 7.16. The molecule has 0 aliphatic carbocycles. The van der Waals surface area contributed by atoms with Crippen LogP contribution in [0, 0.1) is 0 Å². The van der Waals surface area contributed by atoms with Gasteiger partial charge in [0.05, 0.1) is 11.7 Å². The van der Waals surface area contributed by atoms with E-state index in [9.17, 15) is 4.79 Å². The summed E-state index contributed by atoms with van der Waals surface area (Å²) < 4.78 is 0. The van der Waals surface area contributed by atoms with Crippen molar-refractivity contribution in [2.45, 2.75) is 26.3 Å². The summed E-state index contributed by atoms with van der Waals surface area (Å²) in [5.74, 6) is -0.166. The van der Waals surface area contributed by atoms with Gasteiger partial charge >= 0.3 is 0 Å². The Morgan fingerprint density at radius 1 is 1.67 bits per heavy atom. The maximum Gasteiger partial charge on any atom is 0.201 e. The molecule has 5 heteroatoms. The number of carbonyl (C=O) groups is 1. The average molecular weight is 168 g/mol. The standard InChI is InChI=1S/C7H12N4O/c1-3-5-6(10-11-9-5)7(12)4(2)8/h4H,3,8H2,1-2H3,(H,9,10,11). The maximum atomic E-state index is 11.3. The quantitative estimate of drug-likeness (QED) is 0.617. The number of nitrogens with two attached hydrogens (primary N) is 1. The van der Waals surface area contributed by atoms with Crippen molar-refractivity contribution in [2.24, 2.45) is 5.73 Å². The molecule has 12 heavy (non-hydrogen) atoms. The molecule has 0 bridgehead atoms. The van der Waals surface area contributed by atoms with Crippen molar-refractivity contribution in [1.82, 2.24) is 15.4 Å². The summed E-state index contributed by atoms with van der Waals surface area (Å²) in [6, 6.07) is -0.514. The van der Waals surface area contributed by atoms with Gasteiger partial charge in [0.2, 0.25) is 5.78 Å². The van der Waals surface area contributed by atoms with Gasteiger partial charge in [0.1, 0.15) is 0 Å². The fourth-order valence-electron chi connectivity index (χ4n) is 0.912. The first-order valence-electron chi connectivity index (χ1n) is 3.86. The Morgan fingerprint density at radius 2 is 2.33 bits per heavy atom. The highest BCUT2D eigenvalue weighted by Gasteiger charge is 2.17. The summed E-state index contributed by atoms with van der Waals surface area (Å²) >= 11 is 0. The monoisotopic (exact) mass is 168 g/mol. The van der Waals surface area contributed by atoms with Gasteiger partial charge in [-0.15, -0.1) is 0 Å². The van der Waals surface area contributed by atoms with Crippen molar-refractivity contribution in [3.63, 3.8) is 0 Å². The smallest absolute Gasteiger partial charge is 0.201 e. The second kappa shape index (κ2) is 3.44. The lowest BCUT2D eigenvalue weighted by molar-refractivity contribution is 0.0962. The van der Waals surface area contributed by atoms with E-state index in [2.05, 4.69) is 15.4 Å². The number of nitrogens with zero attached hydrogens (tertiary/aromatic N) is 2. The van der Waals surface area contributed by atoms with Crippen molar-refractivity contribution in [2.75, 3.05) is 0 Å². The van der Waals surface area contributed by atoms with Crippen molar-refractivity contribution >= 4 is 5.78 Å². The number of H-pyrrole nitrogens is 1. The summed E-state index contributed by atoms with van der Waals surface area (Å²) in [4.78, 5) is 11.3. The number of aryl methyl sites for hydroxylation is 1. The molecule has 3 N–H and O–H groups in total. The van der Waals surface area contributed by atoms with Gasteiger partial charge in [0, 0.05) is 0 Å². The van der Waals surface area contributed by atoms with Crippen LogP contribution in [0.1, 0.15) is 30.0 Å². The lowest BCUT2D eigenvalue weighted by Crippen LogP contribution is -2.27. The molecule has 0 saturated carbocycles. The molecule has 0 saturated heterocycles. The van der Waals surface area contributed by atoms with Crippen molar-refractivity contribution < 1.29 is 4.79 Å². The van der Waals surface area contributed by atoms with Crippen LogP contribution >= 0.6 is 0 Å². The number of aromatic nitrogens is 3. The molecular weight excluding hydrogens is 156 g/mol. The van der Waals surface area contributed by atoms with Gasteiger partial charge in [0.25, 0.3) is 0 Å². The van der Waals surface area contributed by atoms with Gasteiger partial charge in [-0.1, -0.05) is 6.92 Å². The molecule has 1 rings (SSSR count). The van der Waals surface area contributed by atoms with Gasteiger partial charge in [-0.25, -0.2) is 0 Å². The molecule has 1 aromatic heterocycles. The van der Waals surface area contributed by atoms with Crippen LogP contribution in [0.5, 0.6) is 0 Å². The molecule has 0 aliphatic rings. The predicted octanol–water partition coefficient (Wildman–Crippen LogP) is -0.103. The van der Waals surface area contributed by atoms with Gasteiger partial charge in [-0.05, 0) is 13.3 Å². The lowest BCUT2D eigenvalue weighted by Gasteiger charge is -2.00. The van der Waals surface area contributed by atoms with Crippen LogP contribution in [-0.2, 0) is 6.42 Å². The Labute approximate surface area is 70.3 Å². The average Bonchev–Trinajstić information content (AvgIpc) is 2.49. The minimum Gasteiger partial charge on any atom is -0.321 e. The number of Topliss-reactive ketones (excluding diaryl/α,β-unsaturated/α-hetero) is 1. The largest absolute Gasteiger partial charge is 0.321 e. The van der Waals surface area contributed by atoms with Gasteiger partial charge in [-0.3, -0.25) is 4.79 Å². The highest BCUT2D eigenvalue weighted by molar-refractivity contribution is 5.98. The van der Waals surface area contributed by atoms with Crippen molar-refractivity contribution in [3.05, 3.63) is 11.4 Å². The van der Waals surface area contributed by atoms with Crippen molar-refractivity contribution in [1.29, 1.82) is 0 Å². The van der Waals surface area contributed by atoms with Crippen LogP contribution < -0.4 is 5.73 Å². The predicted molar refractivity (Wildman–Crippen MR) is 43.7 cm³/mol. The van der Waals surface area contributed by atoms with Gasteiger partial charge in [-0.2, -0.15) is 15.4 Å². The van der Waals surface area contributed by atoms with Crippen LogP contribution in [0.4, 0.5) is 0 Å². The van der Waals surface area contributed by atoms with Gasteiger partial charge in [0.15, 0.2) is 5.69 Å². The van der Waals surface area contributed by atoms with E-state index in [1.807, 2.05) is 6.92 Å². The minimum absolute atomic E-state index is 0.166. The Hall–Kier alpha value is -1.23. The second-order valence-corrected chi connectivity index (χ2v) is 2.63. The van der Waals surface area contributed by atoms with Gasteiger partial charge < -0.3 is 5.73 Å². The molecule has 5 nitrogen and oxygen atoms in total. The van der Waals surface area contributed by atoms with Crippen molar-refractivity contribution in [3.8, 4) is 0 Å². The first kappa shape index (κ1) is 8.86. The Kier molecular flexibility index (Phi) is 2.54. The Bertz CT molecular complexity index is 279. The molecule has 0 radical (unpaired) electrons. The summed E-state index contributed by atoms with van der Waals surface area (Å²) in [6.07, 6.45) is 0.685. The first-order valence-corrected chi connectivity index (χ1v) is 3.86. The van der Waals surface area contributed by atoms with E-state index in [1.54, 1.807) is 6.92 Å². The number of carbonyl (C=O) groups excluding carboxylic acids is 1. The fraction of sp³-hybridized carbons (Fsp3) is 0.571. The van der Waals surface area contributed by atoms with E-state index in [0.29, 0.717) is 17.8 Å². The third-order valence-electron chi connectivity index (χ3n) is 1.60. The molecule has 0 aromatic carbocycles. The number of hydrogen-bond donors (Lipinski definition) is 2. The lowest BCUT2D eigenvalue weighted by atomic mass is 10.1. The Morgan fingerprint density at radius 3 is 2.83 bits per heavy atom. The first-order chi connectivity index (χ1) is 5.66. The molecule has 1 heterocycles. The fourth-order valence-corrected chi connectivity index (χ4v) is 0.912. The Balaban J connectivity index is 2.94. The summed E-state index contributed by atoms with van der Waals surface area (Å²) in [6.45, 7) is 3.55. The third-order valence-corrected chi connectivity index (χ3v) is 1.60. The zero-order valence-corrected chi connectivity index (χ0v) is 7.16.